The van der Waals surface area contributed by atoms with Crippen LogP contribution in [0.2, 0.25) is 0 Å². The first kappa shape index (κ1) is 15.0. The minimum atomic E-state index is -0.234. The van der Waals surface area contributed by atoms with Gasteiger partial charge in [-0.25, -0.2) is 4.39 Å². The third kappa shape index (κ3) is 4.88. The third-order valence-electron chi connectivity index (χ3n) is 3.12. The second-order valence-corrected chi connectivity index (χ2v) is 4.88. The first-order chi connectivity index (χ1) is 10.1. The molecule has 21 heavy (non-hydrogen) atoms. The molecule has 1 amide bonds. The fourth-order valence-electron chi connectivity index (χ4n) is 2.03. The number of rotatable bonds is 5. The monoisotopic (exact) mass is 283 g/mol. The van der Waals surface area contributed by atoms with Gasteiger partial charge in [0, 0.05) is 12.6 Å². The molecule has 0 spiro atoms. The van der Waals surface area contributed by atoms with Gasteiger partial charge in [0.15, 0.2) is 0 Å². The van der Waals surface area contributed by atoms with Crippen molar-refractivity contribution in [1.29, 1.82) is 0 Å². The molecule has 108 valence electrons. The van der Waals surface area contributed by atoms with E-state index in [-0.39, 0.29) is 11.7 Å². The van der Waals surface area contributed by atoms with Crippen molar-refractivity contribution in [1.82, 2.24) is 5.32 Å². The summed E-state index contributed by atoms with van der Waals surface area (Å²) in [7, 11) is 0. The van der Waals surface area contributed by atoms with Gasteiger partial charge < -0.3 is 5.32 Å². The molecule has 0 aromatic heterocycles. The van der Waals surface area contributed by atoms with Crippen molar-refractivity contribution in [2.24, 2.45) is 0 Å². The van der Waals surface area contributed by atoms with Gasteiger partial charge in [0.05, 0.1) is 0 Å². The number of hydrogen-bond donors (Lipinski definition) is 1. The van der Waals surface area contributed by atoms with E-state index in [1.54, 1.807) is 24.3 Å². The molecule has 0 unspecified atom stereocenters. The van der Waals surface area contributed by atoms with E-state index < -0.39 is 0 Å². The van der Waals surface area contributed by atoms with Crippen LogP contribution in [0.3, 0.4) is 0 Å². The standard InChI is InChI=1S/C18H18FNO/c1-14-5-4-6-15(13-14)9-10-18(21)20-12-11-16-7-2-3-8-17(16)19/h2-10,13H,11-12H2,1H3,(H,20,21)/b10-9+. The van der Waals surface area contributed by atoms with E-state index in [0.717, 1.165) is 11.1 Å². The molecule has 1 N–H and O–H groups in total. The summed E-state index contributed by atoms with van der Waals surface area (Å²) in [6.45, 7) is 2.42. The fraction of sp³-hybridized carbons (Fsp3) is 0.167. The Morgan fingerprint density at radius 3 is 2.76 bits per heavy atom. The van der Waals surface area contributed by atoms with Crippen LogP contribution in [0.1, 0.15) is 16.7 Å². The highest BCUT2D eigenvalue weighted by Gasteiger charge is 2.01. The van der Waals surface area contributed by atoms with Gasteiger partial charge in [-0.2, -0.15) is 0 Å². The second-order valence-electron chi connectivity index (χ2n) is 4.88. The molecule has 0 fully saturated rings. The molecule has 2 aromatic rings. The zero-order valence-electron chi connectivity index (χ0n) is 12.0. The largest absolute Gasteiger partial charge is 0.352 e. The number of amides is 1. The molecule has 2 rings (SSSR count). The summed E-state index contributed by atoms with van der Waals surface area (Å²) in [5.74, 6) is -0.408. The van der Waals surface area contributed by atoms with Crippen LogP contribution < -0.4 is 5.32 Å². The van der Waals surface area contributed by atoms with Crippen LogP contribution in [0.25, 0.3) is 6.08 Å². The lowest BCUT2D eigenvalue weighted by Crippen LogP contribution is -2.23. The number of halogens is 1. The van der Waals surface area contributed by atoms with Gasteiger partial charge in [-0.1, -0.05) is 48.0 Å². The maximum Gasteiger partial charge on any atom is 0.244 e. The molecule has 0 saturated heterocycles. The Kier molecular flexibility index (Phi) is 5.27. The minimum Gasteiger partial charge on any atom is -0.352 e. The van der Waals surface area contributed by atoms with Crippen molar-refractivity contribution < 1.29 is 9.18 Å². The van der Waals surface area contributed by atoms with Gasteiger partial charge in [-0.3, -0.25) is 4.79 Å². The van der Waals surface area contributed by atoms with Crippen LogP contribution in [0.4, 0.5) is 4.39 Å². The van der Waals surface area contributed by atoms with Gasteiger partial charge >= 0.3 is 0 Å². The summed E-state index contributed by atoms with van der Waals surface area (Å²) < 4.78 is 13.4. The lowest BCUT2D eigenvalue weighted by atomic mass is 10.1. The van der Waals surface area contributed by atoms with Gasteiger partial charge in [0.25, 0.3) is 0 Å². The summed E-state index contributed by atoms with van der Waals surface area (Å²) in [5, 5.41) is 2.75. The SMILES string of the molecule is Cc1cccc(/C=C/C(=O)NCCc2ccccc2F)c1. The second kappa shape index (κ2) is 7.39. The molecular formula is C18H18FNO. The fourth-order valence-corrected chi connectivity index (χ4v) is 2.03. The molecule has 0 heterocycles. The third-order valence-corrected chi connectivity index (χ3v) is 3.12. The van der Waals surface area contributed by atoms with Gasteiger partial charge in [0.1, 0.15) is 5.82 Å². The smallest absolute Gasteiger partial charge is 0.244 e. The van der Waals surface area contributed by atoms with Crippen molar-refractivity contribution in [3.63, 3.8) is 0 Å². The topological polar surface area (TPSA) is 29.1 Å². The maximum absolute atomic E-state index is 13.4. The number of nitrogens with one attached hydrogen (secondary N) is 1. The van der Waals surface area contributed by atoms with Crippen molar-refractivity contribution in [3.05, 3.63) is 77.1 Å². The Morgan fingerprint density at radius 2 is 2.00 bits per heavy atom. The first-order valence-electron chi connectivity index (χ1n) is 6.91. The molecule has 2 aromatic carbocycles. The van der Waals surface area contributed by atoms with Crippen LogP contribution in [0, 0.1) is 12.7 Å². The van der Waals surface area contributed by atoms with E-state index in [1.165, 1.54) is 12.1 Å². The Labute approximate surface area is 124 Å². The molecule has 0 bridgehead atoms. The summed E-state index contributed by atoms with van der Waals surface area (Å²) in [6.07, 6.45) is 3.75. The number of carbonyl (C=O) groups is 1. The number of hydrogen-bond acceptors (Lipinski definition) is 1. The van der Waals surface area contributed by atoms with Crippen molar-refractivity contribution in [3.8, 4) is 0 Å². The average Bonchev–Trinajstić information content (AvgIpc) is 2.47. The van der Waals surface area contributed by atoms with Gasteiger partial charge in [-0.15, -0.1) is 0 Å². The van der Waals surface area contributed by atoms with E-state index in [0.29, 0.717) is 18.5 Å². The summed E-state index contributed by atoms with van der Waals surface area (Å²) in [5.41, 5.74) is 2.75. The minimum absolute atomic E-state index is 0.173. The van der Waals surface area contributed by atoms with E-state index in [4.69, 9.17) is 0 Å². The Bertz CT molecular complexity index is 649. The van der Waals surface area contributed by atoms with Gasteiger partial charge in [0.2, 0.25) is 5.91 Å². The van der Waals surface area contributed by atoms with Crippen LogP contribution in [-0.2, 0) is 11.2 Å². The highest BCUT2D eigenvalue weighted by Crippen LogP contribution is 2.07. The lowest BCUT2D eigenvalue weighted by Gasteiger charge is -2.04. The molecule has 0 aliphatic carbocycles. The summed E-state index contributed by atoms with van der Waals surface area (Å²) >= 11 is 0. The first-order valence-corrected chi connectivity index (χ1v) is 6.91. The van der Waals surface area contributed by atoms with E-state index in [2.05, 4.69) is 5.32 Å². The zero-order valence-corrected chi connectivity index (χ0v) is 12.0. The maximum atomic E-state index is 13.4. The number of carbonyl (C=O) groups excluding carboxylic acids is 1. The summed E-state index contributed by atoms with van der Waals surface area (Å²) in [4.78, 5) is 11.7. The van der Waals surface area contributed by atoms with Crippen molar-refractivity contribution >= 4 is 12.0 Å². The Hall–Kier alpha value is -2.42. The molecule has 0 aliphatic rings. The molecular weight excluding hydrogens is 265 g/mol. The number of aryl methyl sites for hydroxylation is 1. The normalized spacial score (nSPS) is 10.8. The molecule has 0 saturated carbocycles. The average molecular weight is 283 g/mol. The highest BCUT2D eigenvalue weighted by molar-refractivity contribution is 5.91. The van der Waals surface area contributed by atoms with Crippen LogP contribution in [0.5, 0.6) is 0 Å². The Balaban J connectivity index is 1.81. The van der Waals surface area contributed by atoms with Crippen LogP contribution >= 0.6 is 0 Å². The highest BCUT2D eigenvalue weighted by atomic mass is 19.1. The predicted octanol–water partition coefficient (Wildman–Crippen LogP) is 3.51. The van der Waals surface area contributed by atoms with E-state index >= 15 is 0 Å². The van der Waals surface area contributed by atoms with Crippen LogP contribution in [0.15, 0.2) is 54.6 Å². The van der Waals surface area contributed by atoms with Crippen molar-refractivity contribution in [2.45, 2.75) is 13.3 Å². The quantitative estimate of drug-likeness (QED) is 0.836. The molecule has 0 radical (unpaired) electrons. The predicted molar refractivity (Wildman–Crippen MR) is 83.3 cm³/mol. The lowest BCUT2D eigenvalue weighted by molar-refractivity contribution is -0.116. The zero-order chi connectivity index (χ0) is 15.1. The van der Waals surface area contributed by atoms with E-state index in [1.807, 2.05) is 31.2 Å². The van der Waals surface area contributed by atoms with E-state index in [9.17, 15) is 9.18 Å². The molecule has 0 atom stereocenters. The summed E-state index contributed by atoms with van der Waals surface area (Å²) in [6, 6.07) is 14.5. The Morgan fingerprint density at radius 1 is 1.19 bits per heavy atom. The van der Waals surface area contributed by atoms with Crippen molar-refractivity contribution in [2.75, 3.05) is 6.54 Å². The molecule has 0 aliphatic heterocycles. The number of benzene rings is 2. The molecule has 2 nitrogen and oxygen atoms in total. The molecule has 3 heteroatoms. The van der Waals surface area contributed by atoms with Gasteiger partial charge in [-0.05, 0) is 36.6 Å². The van der Waals surface area contributed by atoms with Crippen LogP contribution in [-0.4, -0.2) is 12.5 Å².